The summed E-state index contributed by atoms with van der Waals surface area (Å²) in [6, 6.07) is 9.38. The number of benzene rings is 1. The number of nitrogens with one attached hydrogen (secondary N) is 1. The maximum atomic E-state index is 11.3. The maximum Gasteiger partial charge on any atom is 0.136 e. The minimum Gasteiger partial charge on any atom is -0.382 e. The fraction of sp³-hybridized carbons (Fsp3) is 0.588. The molecule has 0 bridgehead atoms. The van der Waals surface area contributed by atoms with Gasteiger partial charge in [-0.05, 0) is 37.1 Å². The van der Waals surface area contributed by atoms with Crippen LogP contribution in [0.15, 0.2) is 24.3 Å². The number of ketones is 1. The second-order valence-corrected chi connectivity index (χ2v) is 6.05. The standard InChI is InChI=1S/C17H24N2O/c20-17-10-12-19(13-11-17)16-8-6-15(7-9-16)18-14-4-2-1-3-5-14/h6-9,14,18H,1-5,10-13H2. The van der Waals surface area contributed by atoms with Crippen molar-refractivity contribution in [2.75, 3.05) is 23.3 Å². The molecule has 0 aromatic heterocycles. The van der Waals surface area contributed by atoms with Crippen LogP contribution in [0.3, 0.4) is 0 Å². The van der Waals surface area contributed by atoms with Gasteiger partial charge in [-0.3, -0.25) is 4.79 Å². The summed E-state index contributed by atoms with van der Waals surface area (Å²) in [4.78, 5) is 13.6. The zero-order valence-electron chi connectivity index (χ0n) is 12.1. The highest BCUT2D eigenvalue weighted by molar-refractivity contribution is 5.81. The number of carbonyl (C=O) groups excluding carboxylic acids is 1. The molecule has 0 radical (unpaired) electrons. The third kappa shape index (κ3) is 3.33. The van der Waals surface area contributed by atoms with Gasteiger partial charge in [-0.1, -0.05) is 19.3 Å². The first kappa shape index (κ1) is 13.5. The van der Waals surface area contributed by atoms with Crippen molar-refractivity contribution in [2.24, 2.45) is 0 Å². The van der Waals surface area contributed by atoms with Crippen LogP contribution in [0.5, 0.6) is 0 Å². The summed E-state index contributed by atoms with van der Waals surface area (Å²) in [5.41, 5.74) is 2.47. The maximum absolute atomic E-state index is 11.3. The average molecular weight is 272 g/mol. The van der Waals surface area contributed by atoms with E-state index in [4.69, 9.17) is 0 Å². The molecule has 1 aromatic rings. The van der Waals surface area contributed by atoms with Crippen LogP contribution in [0.1, 0.15) is 44.9 Å². The van der Waals surface area contributed by atoms with Gasteiger partial charge in [0.1, 0.15) is 5.78 Å². The fourth-order valence-corrected chi connectivity index (χ4v) is 3.27. The highest BCUT2D eigenvalue weighted by atomic mass is 16.1. The SMILES string of the molecule is O=C1CCN(c2ccc(NC3CCCCC3)cc2)CC1. The lowest BCUT2D eigenvalue weighted by Crippen LogP contribution is -2.33. The fourth-order valence-electron chi connectivity index (χ4n) is 3.27. The Morgan fingerprint density at radius 1 is 0.950 bits per heavy atom. The van der Waals surface area contributed by atoms with Gasteiger partial charge in [0, 0.05) is 43.3 Å². The molecule has 3 rings (SSSR count). The Hall–Kier alpha value is -1.51. The van der Waals surface area contributed by atoms with Gasteiger partial charge in [0.2, 0.25) is 0 Å². The predicted octanol–water partition coefficient (Wildman–Crippen LogP) is 3.60. The number of Topliss-reactive ketones (excluding diaryl/α,β-unsaturated/α-hetero) is 1. The summed E-state index contributed by atoms with van der Waals surface area (Å²) in [7, 11) is 0. The van der Waals surface area contributed by atoms with E-state index in [0.717, 1.165) is 13.1 Å². The van der Waals surface area contributed by atoms with E-state index in [2.05, 4.69) is 34.5 Å². The summed E-state index contributed by atoms with van der Waals surface area (Å²) in [6.45, 7) is 1.74. The minimum atomic E-state index is 0.400. The zero-order valence-corrected chi connectivity index (χ0v) is 12.1. The van der Waals surface area contributed by atoms with Crippen molar-refractivity contribution < 1.29 is 4.79 Å². The van der Waals surface area contributed by atoms with Gasteiger partial charge in [0.05, 0.1) is 0 Å². The molecule has 3 heteroatoms. The number of hydrogen-bond donors (Lipinski definition) is 1. The molecule has 2 aliphatic rings. The molecule has 0 amide bonds. The van der Waals surface area contributed by atoms with Gasteiger partial charge in [-0.15, -0.1) is 0 Å². The number of nitrogens with zero attached hydrogens (tertiary/aromatic N) is 1. The van der Waals surface area contributed by atoms with Crippen LogP contribution in [0.2, 0.25) is 0 Å². The molecule has 1 aliphatic heterocycles. The first-order valence-corrected chi connectivity index (χ1v) is 7.94. The van der Waals surface area contributed by atoms with Gasteiger partial charge in [-0.2, -0.15) is 0 Å². The Balaban J connectivity index is 1.58. The van der Waals surface area contributed by atoms with Gasteiger partial charge < -0.3 is 10.2 Å². The third-order valence-electron chi connectivity index (χ3n) is 4.53. The highest BCUT2D eigenvalue weighted by Crippen LogP contribution is 2.24. The van der Waals surface area contributed by atoms with Gasteiger partial charge in [-0.25, -0.2) is 0 Å². The van der Waals surface area contributed by atoms with Crippen LogP contribution in [-0.4, -0.2) is 24.9 Å². The van der Waals surface area contributed by atoms with Crippen molar-refractivity contribution >= 4 is 17.2 Å². The first-order valence-electron chi connectivity index (χ1n) is 7.94. The zero-order chi connectivity index (χ0) is 13.8. The Labute approximate surface area is 121 Å². The van der Waals surface area contributed by atoms with E-state index in [1.54, 1.807) is 0 Å². The quantitative estimate of drug-likeness (QED) is 0.912. The van der Waals surface area contributed by atoms with Crippen LogP contribution in [0.25, 0.3) is 0 Å². The Morgan fingerprint density at radius 2 is 1.60 bits per heavy atom. The highest BCUT2D eigenvalue weighted by Gasteiger charge is 2.17. The lowest BCUT2D eigenvalue weighted by molar-refractivity contribution is -0.119. The van der Waals surface area contributed by atoms with E-state index in [1.165, 1.54) is 43.5 Å². The molecule has 1 N–H and O–H groups in total. The second kappa shape index (κ2) is 6.29. The molecule has 108 valence electrons. The van der Waals surface area contributed by atoms with Crippen molar-refractivity contribution in [3.05, 3.63) is 24.3 Å². The van der Waals surface area contributed by atoms with E-state index in [0.29, 0.717) is 24.7 Å². The van der Waals surface area contributed by atoms with Gasteiger partial charge >= 0.3 is 0 Å². The summed E-state index contributed by atoms with van der Waals surface area (Å²) < 4.78 is 0. The van der Waals surface area contributed by atoms with Crippen LogP contribution in [0.4, 0.5) is 11.4 Å². The molecule has 2 fully saturated rings. The Kier molecular flexibility index (Phi) is 4.24. The summed E-state index contributed by atoms with van der Waals surface area (Å²) in [6.07, 6.45) is 8.11. The molecule has 1 saturated heterocycles. The van der Waals surface area contributed by atoms with Crippen molar-refractivity contribution in [2.45, 2.75) is 51.0 Å². The van der Waals surface area contributed by atoms with E-state index < -0.39 is 0 Å². The molecule has 1 saturated carbocycles. The van der Waals surface area contributed by atoms with Crippen molar-refractivity contribution in [1.29, 1.82) is 0 Å². The second-order valence-electron chi connectivity index (χ2n) is 6.05. The lowest BCUT2D eigenvalue weighted by atomic mass is 9.95. The monoisotopic (exact) mass is 272 g/mol. The molecular weight excluding hydrogens is 248 g/mol. The van der Waals surface area contributed by atoms with E-state index in [-0.39, 0.29) is 0 Å². The Morgan fingerprint density at radius 3 is 2.25 bits per heavy atom. The minimum absolute atomic E-state index is 0.400. The number of rotatable bonds is 3. The first-order chi connectivity index (χ1) is 9.81. The molecule has 1 heterocycles. The summed E-state index contributed by atoms with van der Waals surface area (Å²) in [5.74, 6) is 0.400. The van der Waals surface area contributed by atoms with Crippen molar-refractivity contribution in [1.82, 2.24) is 0 Å². The molecule has 3 nitrogen and oxygen atoms in total. The van der Waals surface area contributed by atoms with Crippen LogP contribution in [-0.2, 0) is 4.79 Å². The van der Waals surface area contributed by atoms with E-state index in [9.17, 15) is 4.79 Å². The molecule has 20 heavy (non-hydrogen) atoms. The summed E-state index contributed by atoms with van der Waals surface area (Å²) >= 11 is 0. The Bertz CT molecular complexity index is 439. The molecular formula is C17H24N2O. The molecule has 0 atom stereocenters. The lowest BCUT2D eigenvalue weighted by Gasteiger charge is -2.28. The van der Waals surface area contributed by atoms with Gasteiger partial charge in [0.25, 0.3) is 0 Å². The number of carbonyl (C=O) groups is 1. The smallest absolute Gasteiger partial charge is 0.136 e. The van der Waals surface area contributed by atoms with Gasteiger partial charge in [0.15, 0.2) is 0 Å². The number of anilines is 2. The predicted molar refractivity (Wildman–Crippen MR) is 83.4 cm³/mol. The van der Waals surface area contributed by atoms with E-state index >= 15 is 0 Å². The van der Waals surface area contributed by atoms with Crippen LogP contribution in [0, 0.1) is 0 Å². The largest absolute Gasteiger partial charge is 0.382 e. The molecule has 0 spiro atoms. The average Bonchev–Trinajstić information content (AvgIpc) is 2.50. The third-order valence-corrected chi connectivity index (χ3v) is 4.53. The normalized spacial score (nSPS) is 21.0. The topological polar surface area (TPSA) is 32.3 Å². The number of piperidine rings is 1. The molecule has 1 aliphatic carbocycles. The molecule has 1 aromatic carbocycles. The summed E-state index contributed by atoms with van der Waals surface area (Å²) in [5, 5.41) is 3.65. The van der Waals surface area contributed by atoms with Crippen LogP contribution >= 0.6 is 0 Å². The van der Waals surface area contributed by atoms with E-state index in [1.807, 2.05) is 0 Å². The van der Waals surface area contributed by atoms with Crippen molar-refractivity contribution in [3.8, 4) is 0 Å². The van der Waals surface area contributed by atoms with Crippen LogP contribution < -0.4 is 10.2 Å². The number of hydrogen-bond acceptors (Lipinski definition) is 3. The molecule has 0 unspecified atom stereocenters. The van der Waals surface area contributed by atoms with Crippen molar-refractivity contribution in [3.63, 3.8) is 0 Å².